The van der Waals surface area contributed by atoms with Gasteiger partial charge in [0.15, 0.2) is 0 Å². The number of pyridine rings is 1. The van der Waals surface area contributed by atoms with Crippen LogP contribution in [0.4, 0.5) is 5.69 Å². The largest absolute Gasteiger partial charge is 0.371 e. The molecule has 2 aromatic rings. The molecule has 5 nitrogen and oxygen atoms in total. The van der Waals surface area contributed by atoms with Crippen LogP contribution in [0.5, 0.6) is 0 Å². The topological polar surface area (TPSA) is 39.7 Å². The average Bonchev–Trinajstić information content (AvgIpc) is 2.73. The molecule has 2 aliphatic heterocycles. The highest BCUT2D eigenvalue weighted by Crippen LogP contribution is 2.30. The van der Waals surface area contributed by atoms with Gasteiger partial charge >= 0.3 is 0 Å². The molecular formula is C22H30N4O. The van der Waals surface area contributed by atoms with Crippen molar-refractivity contribution in [2.45, 2.75) is 32.7 Å². The number of carbonyl (C=O) groups excluding carboxylic acids is 1. The number of hydrogen-bond donors (Lipinski definition) is 0. The molecule has 3 heterocycles. The summed E-state index contributed by atoms with van der Waals surface area (Å²) >= 11 is 0. The zero-order valence-corrected chi connectivity index (χ0v) is 16.5. The first-order chi connectivity index (χ1) is 13.1. The number of piperazine rings is 1. The van der Waals surface area contributed by atoms with Crippen LogP contribution in [0.15, 0.2) is 36.7 Å². The zero-order valence-electron chi connectivity index (χ0n) is 16.5. The Morgan fingerprint density at radius 3 is 2.48 bits per heavy atom. The second-order valence-corrected chi connectivity index (χ2v) is 8.09. The van der Waals surface area contributed by atoms with Gasteiger partial charge in [-0.25, -0.2) is 0 Å². The highest BCUT2D eigenvalue weighted by Gasteiger charge is 2.31. The highest BCUT2D eigenvalue weighted by molar-refractivity contribution is 5.93. The van der Waals surface area contributed by atoms with E-state index < -0.39 is 0 Å². The molecular weight excluding hydrogens is 336 g/mol. The smallest absolute Gasteiger partial charge is 0.225 e. The SMILES string of the molecule is CC(C)N1CCN(C(=O)C2CCN(c3cccc4cnccc34)CC2)CC1. The third kappa shape index (κ3) is 3.79. The van der Waals surface area contributed by atoms with Crippen molar-refractivity contribution in [2.75, 3.05) is 44.2 Å². The van der Waals surface area contributed by atoms with Crippen molar-refractivity contribution in [2.24, 2.45) is 5.92 Å². The van der Waals surface area contributed by atoms with Crippen LogP contribution < -0.4 is 4.90 Å². The van der Waals surface area contributed by atoms with Gasteiger partial charge in [-0.1, -0.05) is 12.1 Å². The molecule has 0 bridgehead atoms. The average molecular weight is 367 g/mol. The van der Waals surface area contributed by atoms with Gasteiger partial charge < -0.3 is 9.80 Å². The number of fused-ring (bicyclic) bond motifs is 1. The second-order valence-electron chi connectivity index (χ2n) is 8.09. The Balaban J connectivity index is 1.37. The third-order valence-electron chi connectivity index (χ3n) is 6.20. The van der Waals surface area contributed by atoms with Crippen LogP contribution in [-0.4, -0.2) is 66.0 Å². The molecule has 1 aromatic heterocycles. The van der Waals surface area contributed by atoms with E-state index in [1.54, 1.807) is 0 Å². The van der Waals surface area contributed by atoms with Crippen LogP contribution in [0, 0.1) is 5.92 Å². The molecule has 0 unspecified atom stereocenters. The number of rotatable bonds is 3. The van der Waals surface area contributed by atoms with E-state index in [2.05, 4.69) is 57.8 Å². The number of hydrogen-bond acceptors (Lipinski definition) is 4. The van der Waals surface area contributed by atoms with Crippen LogP contribution in [0.1, 0.15) is 26.7 Å². The van der Waals surface area contributed by atoms with E-state index in [1.807, 2.05) is 12.4 Å². The Morgan fingerprint density at radius 2 is 1.78 bits per heavy atom. The minimum Gasteiger partial charge on any atom is -0.371 e. The van der Waals surface area contributed by atoms with E-state index in [4.69, 9.17) is 0 Å². The maximum Gasteiger partial charge on any atom is 0.225 e. The van der Waals surface area contributed by atoms with E-state index in [0.29, 0.717) is 11.9 Å². The quantitative estimate of drug-likeness (QED) is 0.837. The maximum absolute atomic E-state index is 13.0. The van der Waals surface area contributed by atoms with Gasteiger partial charge in [0, 0.05) is 80.1 Å². The summed E-state index contributed by atoms with van der Waals surface area (Å²) in [6, 6.07) is 9.07. The molecule has 0 radical (unpaired) electrons. The molecule has 0 saturated carbocycles. The van der Waals surface area contributed by atoms with Gasteiger partial charge in [-0.2, -0.15) is 0 Å². The molecule has 4 rings (SSSR count). The minimum absolute atomic E-state index is 0.184. The Morgan fingerprint density at radius 1 is 1.04 bits per heavy atom. The first-order valence-electron chi connectivity index (χ1n) is 10.2. The lowest BCUT2D eigenvalue weighted by Crippen LogP contribution is -2.53. The first-order valence-corrected chi connectivity index (χ1v) is 10.2. The molecule has 5 heteroatoms. The third-order valence-corrected chi connectivity index (χ3v) is 6.20. The summed E-state index contributed by atoms with van der Waals surface area (Å²) in [4.78, 5) is 24.2. The Hall–Kier alpha value is -2.14. The summed E-state index contributed by atoms with van der Waals surface area (Å²) in [5, 5.41) is 2.43. The Bertz CT molecular complexity index is 785. The lowest BCUT2D eigenvalue weighted by Gasteiger charge is -2.40. The summed E-state index contributed by atoms with van der Waals surface area (Å²) in [6.07, 6.45) is 5.68. The van der Waals surface area contributed by atoms with Crippen molar-refractivity contribution in [3.05, 3.63) is 36.7 Å². The fourth-order valence-corrected chi connectivity index (χ4v) is 4.47. The summed E-state index contributed by atoms with van der Waals surface area (Å²) in [5.74, 6) is 0.559. The molecule has 0 spiro atoms. The summed E-state index contributed by atoms with van der Waals surface area (Å²) in [7, 11) is 0. The predicted molar refractivity (Wildman–Crippen MR) is 110 cm³/mol. The minimum atomic E-state index is 0.184. The van der Waals surface area contributed by atoms with Crippen LogP contribution in [0.2, 0.25) is 0 Å². The van der Waals surface area contributed by atoms with Gasteiger partial charge in [0.05, 0.1) is 0 Å². The lowest BCUT2D eigenvalue weighted by atomic mass is 9.94. The number of nitrogens with zero attached hydrogens (tertiary/aromatic N) is 4. The molecule has 2 aliphatic rings. The van der Waals surface area contributed by atoms with Crippen LogP contribution in [-0.2, 0) is 4.79 Å². The molecule has 0 atom stereocenters. The van der Waals surface area contributed by atoms with E-state index in [9.17, 15) is 4.79 Å². The standard InChI is InChI=1S/C22H30N4O/c1-17(2)24-12-14-26(15-13-24)22(27)18-7-10-25(11-8-18)21-5-3-4-19-16-23-9-6-20(19)21/h3-6,9,16-18H,7-8,10-15H2,1-2H3. The number of amides is 1. The fourth-order valence-electron chi connectivity index (χ4n) is 4.47. The van der Waals surface area contributed by atoms with Gasteiger partial charge in [0.1, 0.15) is 0 Å². The number of carbonyl (C=O) groups is 1. The molecule has 1 amide bonds. The lowest BCUT2D eigenvalue weighted by molar-refractivity contribution is -0.138. The van der Waals surface area contributed by atoms with Crippen molar-refractivity contribution < 1.29 is 4.79 Å². The van der Waals surface area contributed by atoms with E-state index in [0.717, 1.165) is 52.1 Å². The van der Waals surface area contributed by atoms with Gasteiger partial charge in [-0.3, -0.25) is 14.7 Å². The number of piperidine rings is 1. The van der Waals surface area contributed by atoms with E-state index in [-0.39, 0.29) is 5.92 Å². The summed E-state index contributed by atoms with van der Waals surface area (Å²) in [6.45, 7) is 10.1. The van der Waals surface area contributed by atoms with Crippen molar-refractivity contribution >= 4 is 22.4 Å². The number of anilines is 1. The van der Waals surface area contributed by atoms with Crippen LogP contribution in [0.3, 0.4) is 0 Å². The van der Waals surface area contributed by atoms with Crippen molar-refractivity contribution in [1.82, 2.24) is 14.8 Å². The normalized spacial score (nSPS) is 19.8. The Kier molecular flexibility index (Phi) is 5.30. The van der Waals surface area contributed by atoms with Gasteiger partial charge in [-0.15, -0.1) is 0 Å². The van der Waals surface area contributed by atoms with Gasteiger partial charge in [0.25, 0.3) is 0 Å². The first kappa shape index (κ1) is 18.2. The molecule has 0 aliphatic carbocycles. The predicted octanol–water partition coefficient (Wildman–Crippen LogP) is 3.00. The molecule has 2 saturated heterocycles. The van der Waals surface area contributed by atoms with Crippen molar-refractivity contribution in [1.29, 1.82) is 0 Å². The molecule has 2 fully saturated rings. The fraction of sp³-hybridized carbons (Fsp3) is 0.545. The van der Waals surface area contributed by atoms with Crippen molar-refractivity contribution in [3.63, 3.8) is 0 Å². The number of benzene rings is 1. The van der Waals surface area contributed by atoms with Crippen molar-refractivity contribution in [3.8, 4) is 0 Å². The van der Waals surface area contributed by atoms with E-state index >= 15 is 0 Å². The van der Waals surface area contributed by atoms with E-state index in [1.165, 1.54) is 16.5 Å². The molecule has 144 valence electrons. The van der Waals surface area contributed by atoms with Gasteiger partial charge in [0.2, 0.25) is 5.91 Å². The van der Waals surface area contributed by atoms with Crippen LogP contribution in [0.25, 0.3) is 10.8 Å². The summed E-state index contributed by atoms with van der Waals surface area (Å²) < 4.78 is 0. The molecule has 27 heavy (non-hydrogen) atoms. The molecule has 0 N–H and O–H groups in total. The second kappa shape index (κ2) is 7.85. The number of aromatic nitrogens is 1. The monoisotopic (exact) mass is 366 g/mol. The Labute approximate surface area is 162 Å². The summed E-state index contributed by atoms with van der Waals surface area (Å²) in [5.41, 5.74) is 1.27. The highest BCUT2D eigenvalue weighted by atomic mass is 16.2. The molecule has 1 aromatic carbocycles. The van der Waals surface area contributed by atoms with Gasteiger partial charge in [-0.05, 0) is 38.8 Å². The zero-order chi connectivity index (χ0) is 18.8. The van der Waals surface area contributed by atoms with Crippen LogP contribution >= 0.6 is 0 Å². The maximum atomic E-state index is 13.0.